The van der Waals surface area contributed by atoms with E-state index in [0.29, 0.717) is 12.5 Å². The van der Waals surface area contributed by atoms with Gasteiger partial charge in [-0.05, 0) is 18.8 Å². The van der Waals surface area contributed by atoms with Crippen LogP contribution in [0.3, 0.4) is 0 Å². The molecule has 0 aromatic heterocycles. The van der Waals surface area contributed by atoms with Gasteiger partial charge in [0, 0.05) is 34.7 Å². The normalized spacial score (nSPS) is 15.8. The topological polar surface area (TPSA) is 65.0 Å². The molecule has 6 nitrogen and oxygen atoms in total. The summed E-state index contributed by atoms with van der Waals surface area (Å²) in [5.41, 5.74) is 0. The zero-order valence-electron chi connectivity index (χ0n) is 12.4. The largest absolute Gasteiger partial charge is 0.349 e. The Labute approximate surface area is 116 Å². The summed E-state index contributed by atoms with van der Waals surface area (Å²) in [6, 6.07) is 0. The van der Waals surface area contributed by atoms with E-state index in [1.54, 1.807) is 0 Å². The number of nitrogens with one attached hydrogen (secondary N) is 1. The third-order valence-electron chi connectivity index (χ3n) is 3.23. The van der Waals surface area contributed by atoms with Gasteiger partial charge < -0.3 is 9.80 Å². The van der Waals surface area contributed by atoms with E-state index < -0.39 is 10.0 Å². The van der Waals surface area contributed by atoms with E-state index in [2.05, 4.69) is 9.71 Å². The SMILES string of the molecule is CN(C)C(=NCCS(=O)(=O)NCC1CCC1)N(C)C. The van der Waals surface area contributed by atoms with Gasteiger partial charge in [-0.15, -0.1) is 0 Å². The number of hydrogen-bond acceptors (Lipinski definition) is 3. The van der Waals surface area contributed by atoms with E-state index in [4.69, 9.17) is 0 Å². The highest BCUT2D eigenvalue weighted by Gasteiger charge is 2.20. The molecule has 1 aliphatic rings. The Morgan fingerprint density at radius 3 is 2.21 bits per heavy atom. The monoisotopic (exact) mass is 290 g/mol. The van der Waals surface area contributed by atoms with Crippen molar-refractivity contribution < 1.29 is 8.42 Å². The summed E-state index contributed by atoms with van der Waals surface area (Å²) in [6.45, 7) is 0.867. The van der Waals surface area contributed by atoms with Crippen LogP contribution in [0.15, 0.2) is 4.99 Å². The van der Waals surface area contributed by atoms with Crippen molar-refractivity contribution in [1.29, 1.82) is 0 Å². The number of guanidine groups is 1. The molecule has 0 unspecified atom stereocenters. The molecule has 1 aliphatic carbocycles. The summed E-state index contributed by atoms with van der Waals surface area (Å²) in [5, 5.41) is 0. The average Bonchev–Trinajstić information content (AvgIpc) is 2.20. The fraction of sp³-hybridized carbons (Fsp3) is 0.917. The van der Waals surface area contributed by atoms with Crippen molar-refractivity contribution >= 4 is 16.0 Å². The molecule has 0 radical (unpaired) electrons. The Bertz CT molecular complexity index is 390. The molecule has 1 N–H and O–H groups in total. The lowest BCUT2D eigenvalue weighted by molar-refractivity contribution is 0.316. The molecule has 0 spiro atoms. The Morgan fingerprint density at radius 2 is 1.79 bits per heavy atom. The maximum absolute atomic E-state index is 11.8. The maximum atomic E-state index is 11.8. The molecule has 0 bridgehead atoms. The molecule has 1 saturated carbocycles. The third kappa shape index (κ3) is 5.78. The van der Waals surface area contributed by atoms with Gasteiger partial charge in [0.1, 0.15) is 0 Å². The number of hydrogen-bond donors (Lipinski definition) is 1. The fourth-order valence-electron chi connectivity index (χ4n) is 1.96. The molecule has 0 aromatic rings. The van der Waals surface area contributed by atoms with Crippen LogP contribution in [0.2, 0.25) is 0 Å². The van der Waals surface area contributed by atoms with Gasteiger partial charge in [-0.1, -0.05) is 6.42 Å². The molecule has 0 aromatic carbocycles. The quantitative estimate of drug-likeness (QED) is 0.560. The number of sulfonamides is 1. The van der Waals surface area contributed by atoms with Crippen LogP contribution in [0.25, 0.3) is 0 Å². The molecule has 0 saturated heterocycles. The molecular weight excluding hydrogens is 264 g/mol. The molecule has 0 heterocycles. The molecule has 1 rings (SSSR count). The molecule has 112 valence electrons. The smallest absolute Gasteiger partial charge is 0.213 e. The summed E-state index contributed by atoms with van der Waals surface area (Å²) in [5.74, 6) is 1.36. The van der Waals surface area contributed by atoms with Gasteiger partial charge in [0.05, 0.1) is 12.3 Å². The van der Waals surface area contributed by atoms with Crippen LogP contribution in [0.4, 0.5) is 0 Å². The Morgan fingerprint density at radius 1 is 1.21 bits per heavy atom. The first-order valence-electron chi connectivity index (χ1n) is 6.68. The second-order valence-corrected chi connectivity index (χ2v) is 7.36. The molecule has 0 amide bonds. The predicted molar refractivity (Wildman–Crippen MR) is 78.8 cm³/mol. The Kier molecular flexibility index (Phi) is 6.06. The zero-order chi connectivity index (χ0) is 14.5. The van der Waals surface area contributed by atoms with Crippen molar-refractivity contribution in [2.24, 2.45) is 10.9 Å². The Balaban J connectivity index is 2.38. The minimum absolute atomic E-state index is 0.0465. The minimum atomic E-state index is -3.19. The lowest BCUT2D eigenvalue weighted by atomic mass is 9.86. The minimum Gasteiger partial charge on any atom is -0.349 e. The highest BCUT2D eigenvalue weighted by Crippen LogP contribution is 2.25. The van der Waals surface area contributed by atoms with Crippen LogP contribution in [0, 0.1) is 5.92 Å². The molecule has 0 atom stereocenters. The van der Waals surface area contributed by atoms with Crippen molar-refractivity contribution in [3.8, 4) is 0 Å². The number of aliphatic imine (C=N–C) groups is 1. The van der Waals surface area contributed by atoms with Crippen LogP contribution in [0.5, 0.6) is 0 Å². The van der Waals surface area contributed by atoms with Crippen molar-refractivity contribution in [2.75, 3.05) is 47.0 Å². The molecule has 7 heteroatoms. The van der Waals surface area contributed by atoms with Gasteiger partial charge in [0.15, 0.2) is 5.96 Å². The Hall–Kier alpha value is -0.820. The maximum Gasteiger partial charge on any atom is 0.213 e. The molecule has 1 fully saturated rings. The molecule has 0 aliphatic heterocycles. The van der Waals surface area contributed by atoms with Gasteiger partial charge in [-0.3, -0.25) is 4.99 Å². The second kappa shape index (κ2) is 7.09. The van der Waals surface area contributed by atoms with Gasteiger partial charge in [-0.2, -0.15) is 0 Å². The van der Waals surface area contributed by atoms with Gasteiger partial charge in [0.2, 0.25) is 10.0 Å². The van der Waals surface area contributed by atoms with Gasteiger partial charge in [0.25, 0.3) is 0 Å². The van der Waals surface area contributed by atoms with Crippen molar-refractivity contribution in [3.63, 3.8) is 0 Å². The van der Waals surface area contributed by atoms with Crippen molar-refractivity contribution in [2.45, 2.75) is 19.3 Å². The highest BCUT2D eigenvalue weighted by atomic mass is 32.2. The van der Waals surface area contributed by atoms with E-state index in [1.165, 1.54) is 6.42 Å². The first-order valence-corrected chi connectivity index (χ1v) is 8.33. The first kappa shape index (κ1) is 16.2. The average molecular weight is 290 g/mol. The van der Waals surface area contributed by atoms with Crippen molar-refractivity contribution in [1.82, 2.24) is 14.5 Å². The summed E-state index contributed by atoms with van der Waals surface area (Å²) in [4.78, 5) is 8.06. The third-order valence-corrected chi connectivity index (χ3v) is 4.56. The van der Waals surface area contributed by atoms with E-state index in [0.717, 1.165) is 18.8 Å². The second-order valence-electron chi connectivity index (χ2n) is 5.43. The first-order chi connectivity index (χ1) is 8.82. The van der Waals surface area contributed by atoms with Crippen LogP contribution < -0.4 is 4.72 Å². The fourth-order valence-corrected chi connectivity index (χ4v) is 2.93. The lowest BCUT2D eigenvalue weighted by Gasteiger charge is -2.25. The standard InChI is InChI=1S/C12H26N4O2S/c1-15(2)12(16(3)4)13-8-9-19(17,18)14-10-11-6-5-7-11/h11,14H,5-10H2,1-4H3. The van der Waals surface area contributed by atoms with Gasteiger partial charge >= 0.3 is 0 Å². The summed E-state index contributed by atoms with van der Waals surface area (Å²) in [7, 11) is 4.37. The lowest BCUT2D eigenvalue weighted by Crippen LogP contribution is -2.37. The van der Waals surface area contributed by atoms with Crippen molar-refractivity contribution in [3.05, 3.63) is 0 Å². The summed E-state index contributed by atoms with van der Waals surface area (Å²) < 4.78 is 26.2. The number of nitrogens with zero attached hydrogens (tertiary/aromatic N) is 3. The van der Waals surface area contributed by atoms with E-state index in [9.17, 15) is 8.42 Å². The number of rotatable bonds is 6. The van der Waals surface area contributed by atoms with Crippen LogP contribution in [0.1, 0.15) is 19.3 Å². The van der Waals surface area contributed by atoms with Crippen LogP contribution in [-0.4, -0.2) is 71.2 Å². The van der Waals surface area contributed by atoms with Gasteiger partial charge in [-0.25, -0.2) is 13.1 Å². The van der Waals surface area contributed by atoms with E-state index in [-0.39, 0.29) is 12.3 Å². The van der Waals surface area contributed by atoms with E-state index >= 15 is 0 Å². The van der Waals surface area contributed by atoms with Crippen LogP contribution >= 0.6 is 0 Å². The highest BCUT2D eigenvalue weighted by molar-refractivity contribution is 7.89. The van der Waals surface area contributed by atoms with E-state index in [1.807, 2.05) is 38.0 Å². The summed E-state index contributed by atoms with van der Waals surface area (Å²) in [6.07, 6.45) is 3.52. The summed E-state index contributed by atoms with van der Waals surface area (Å²) >= 11 is 0. The molecular formula is C12H26N4O2S. The molecule has 19 heavy (non-hydrogen) atoms. The zero-order valence-corrected chi connectivity index (χ0v) is 13.2. The predicted octanol–water partition coefficient (Wildman–Crippen LogP) is 0.185. The van der Waals surface area contributed by atoms with Crippen LogP contribution in [-0.2, 0) is 10.0 Å².